The fourth-order valence-electron chi connectivity index (χ4n) is 13.6. The molecule has 2 aliphatic heterocycles. The number of nitrogens with one attached hydrogen (secondary N) is 3. The maximum absolute atomic E-state index is 15.4. The summed E-state index contributed by atoms with van der Waals surface area (Å²) in [6, 6.07) is 35.6. The zero-order valence-electron chi connectivity index (χ0n) is 55.5. The van der Waals surface area contributed by atoms with Gasteiger partial charge in [0.05, 0.1) is 79.7 Å². The molecule has 6 aromatic carbocycles. The molecule has 520 valence electrons. The van der Waals surface area contributed by atoms with E-state index in [2.05, 4.69) is 15.6 Å². The molecular weight excluding hydrogens is 1360 g/mol. The van der Waals surface area contributed by atoms with Crippen LogP contribution >= 0.6 is 0 Å². The van der Waals surface area contributed by atoms with E-state index < -0.39 is 67.5 Å². The summed E-state index contributed by atoms with van der Waals surface area (Å²) < 4.78 is 154. The number of amides is 2. The number of carbonyl (C=O) groups is 2. The smallest absolute Gasteiger partial charge is 0.255 e. The van der Waals surface area contributed by atoms with Crippen molar-refractivity contribution < 1.29 is 61.6 Å². The van der Waals surface area contributed by atoms with Crippen LogP contribution in [0.1, 0.15) is 32.2 Å². The van der Waals surface area contributed by atoms with Crippen LogP contribution in [0.25, 0.3) is 127 Å². The zero-order valence-corrected chi connectivity index (χ0v) is 57.1. The highest BCUT2D eigenvalue weighted by atomic mass is 32.2. The van der Waals surface area contributed by atoms with Gasteiger partial charge in [-0.2, -0.15) is 0 Å². The molecule has 0 saturated carbocycles. The number of furan rings is 2. The normalized spacial score (nSPS) is 14.2. The Kier molecular flexibility index (Phi) is 16.8. The van der Waals surface area contributed by atoms with E-state index in [0.717, 1.165) is 21.1 Å². The molecule has 0 radical (unpaired) electrons. The lowest BCUT2D eigenvalue weighted by atomic mass is 10.0. The van der Waals surface area contributed by atoms with Gasteiger partial charge in [0.1, 0.15) is 75.2 Å². The molecule has 102 heavy (non-hydrogen) atoms. The minimum atomic E-state index is -3.80. The van der Waals surface area contributed by atoms with Crippen LogP contribution in [0, 0.1) is 23.3 Å². The number of aromatic amines is 1. The molecule has 2 saturated heterocycles. The fraction of sp³-hybridized carbons (Fsp3) is 0.216. The number of aromatic nitrogens is 6. The largest absolute Gasteiger partial charge is 0.455 e. The van der Waals surface area contributed by atoms with Crippen molar-refractivity contribution in [1.82, 2.24) is 49.8 Å². The molecule has 3 N–H and O–H groups in total. The quantitative estimate of drug-likeness (QED) is 0.0763. The van der Waals surface area contributed by atoms with Crippen LogP contribution in [-0.4, -0.2) is 160 Å². The Morgan fingerprint density at radius 3 is 1.56 bits per heavy atom. The molecule has 2 fully saturated rings. The average molecular weight is 1430 g/mol. The van der Waals surface area contributed by atoms with E-state index in [1.54, 1.807) is 66.7 Å². The number of hydrogen-bond acceptors (Lipinski definition) is 14. The van der Waals surface area contributed by atoms with E-state index in [-0.39, 0.29) is 45.2 Å². The molecule has 0 unspecified atom stereocenters. The number of H-pyrrole nitrogens is 1. The van der Waals surface area contributed by atoms with Gasteiger partial charge in [-0.1, -0.05) is 12.1 Å². The summed E-state index contributed by atoms with van der Waals surface area (Å²) in [7, 11) is -1.84. The summed E-state index contributed by atoms with van der Waals surface area (Å²) in [5.41, 5.74) is 8.49. The van der Waals surface area contributed by atoms with E-state index in [9.17, 15) is 44.0 Å². The first-order chi connectivity index (χ1) is 48.8. The van der Waals surface area contributed by atoms with Gasteiger partial charge in [0.25, 0.3) is 11.8 Å². The van der Waals surface area contributed by atoms with Crippen molar-refractivity contribution in [3.63, 3.8) is 0 Å². The molecular formula is C74H62F6N12O8S2. The first-order valence-electron chi connectivity index (χ1n) is 32.4. The lowest BCUT2D eigenvalue weighted by Crippen LogP contribution is -2.49. The first-order valence-corrected chi connectivity index (χ1v) is 36.1. The third-order valence-electron chi connectivity index (χ3n) is 18.9. The number of sulfonamides is 2. The number of rotatable bonds is 16. The Morgan fingerprint density at radius 1 is 0.559 bits per heavy atom. The number of fused-ring (bicyclic) bond motifs is 12. The summed E-state index contributed by atoms with van der Waals surface area (Å²) >= 11 is 0. The number of likely N-dealkylation sites (tertiary alicyclic amines) is 2. The van der Waals surface area contributed by atoms with Crippen LogP contribution in [0.4, 0.5) is 37.7 Å². The predicted octanol–water partition coefficient (Wildman–Crippen LogP) is 12.9. The third-order valence-corrected chi connectivity index (χ3v) is 21.3. The van der Waals surface area contributed by atoms with Crippen molar-refractivity contribution in [2.45, 2.75) is 25.2 Å². The standard InChI is InChI=1S/2C37H31F3N6O4S/c1-41-37(47)34-25-15-24(30(44(2)51(3,48)49)17-32(25)50-36(34)20-7-9-21(38)10-8-20)27-11-12-28-35(43-27)31-16-23-26(40)5-4-6-29(23)46(31)33(42-28)13-14-45-18-22(39)19-45;1-41-37(47)31-23-15-22(29(45(2)51(3,48)49)16-30(23)50-36(31)19-7-9-20(38)10-8-19)25-11-12-28-34(43-25)35-33(32-24(40)5-4-6-26(32)44-35)27(42-28)13-14-46-17-21(39)18-46/h4-12,15-17,22H,13-14,18-19H2,1-3H3,(H,41,47);4-12,15-16,21,44H,13-14,17-18H2,1-3H3,(H,41,47). The molecule has 20 nitrogen and oxygen atoms in total. The highest BCUT2D eigenvalue weighted by Crippen LogP contribution is 2.45. The SMILES string of the molecule is CNC(=O)c1c(-c2ccc(F)cc2)oc2cc(N(C)S(C)(=O)=O)c(-c3ccc4nc(CCN5CC(F)C5)c5c([nH]c6cccc(F)c65)c4n3)cc12.CNC(=O)c1c(-c2ccc(F)cc2)oc2cc(N(C)S(C)(=O)=O)c(-c3ccc4nc(CCN5CC(F)C5)n5c6cccc(F)c6cc5c4n3)cc12. The van der Waals surface area contributed by atoms with Gasteiger partial charge in [0.15, 0.2) is 0 Å². The second-order valence-corrected chi connectivity index (χ2v) is 29.5. The Balaban J connectivity index is 0.000000165. The van der Waals surface area contributed by atoms with E-state index in [4.69, 9.17) is 28.8 Å². The lowest BCUT2D eigenvalue weighted by Gasteiger charge is -2.34. The number of benzene rings is 6. The molecule has 2 amide bonds. The molecule has 28 heteroatoms. The molecule has 0 atom stereocenters. The highest BCUT2D eigenvalue weighted by Gasteiger charge is 2.32. The first kappa shape index (κ1) is 66.9. The van der Waals surface area contributed by atoms with Crippen molar-refractivity contribution >= 4 is 125 Å². The summed E-state index contributed by atoms with van der Waals surface area (Å²) in [5, 5.41) is 7.36. The van der Waals surface area contributed by atoms with Crippen molar-refractivity contribution in [2.24, 2.45) is 0 Å². The Bertz CT molecular complexity index is 5810. The number of halogens is 6. The maximum atomic E-state index is 15.4. The van der Waals surface area contributed by atoms with Crippen molar-refractivity contribution in [3.05, 3.63) is 185 Å². The van der Waals surface area contributed by atoms with Gasteiger partial charge < -0.3 is 24.5 Å². The molecule has 2 aliphatic rings. The molecule has 8 aromatic heterocycles. The third kappa shape index (κ3) is 11.9. The topological polar surface area (TPSA) is 237 Å². The summed E-state index contributed by atoms with van der Waals surface area (Å²) in [4.78, 5) is 53.9. The average Bonchev–Trinajstić information content (AvgIpc) is 1.58. The number of nitrogens with zero attached hydrogens (tertiary/aromatic N) is 9. The molecule has 0 aliphatic carbocycles. The maximum Gasteiger partial charge on any atom is 0.255 e. The van der Waals surface area contributed by atoms with Gasteiger partial charge in [-0.3, -0.25) is 37.4 Å². The van der Waals surface area contributed by atoms with Gasteiger partial charge >= 0.3 is 0 Å². The lowest BCUT2D eigenvalue weighted by molar-refractivity contribution is 0.0665. The van der Waals surface area contributed by atoms with Gasteiger partial charge in [-0.25, -0.2) is 58.1 Å². The number of hydrogen-bond donors (Lipinski definition) is 3. The highest BCUT2D eigenvalue weighted by molar-refractivity contribution is 7.92. The molecule has 16 rings (SSSR count). The van der Waals surface area contributed by atoms with Crippen LogP contribution in [0.15, 0.2) is 148 Å². The van der Waals surface area contributed by atoms with E-state index in [1.165, 1.54) is 101 Å². The molecule has 14 aromatic rings. The van der Waals surface area contributed by atoms with Gasteiger partial charge in [0, 0.05) is 147 Å². The zero-order chi connectivity index (χ0) is 71.5. The second kappa shape index (κ2) is 25.6. The monoisotopic (exact) mass is 1420 g/mol. The molecule has 0 bridgehead atoms. The summed E-state index contributed by atoms with van der Waals surface area (Å²) in [6.45, 7) is 2.56. The van der Waals surface area contributed by atoms with E-state index in [1.807, 2.05) is 14.2 Å². The number of anilines is 2. The number of carbonyl (C=O) groups excluding carboxylic acids is 2. The number of pyridine rings is 3. The summed E-state index contributed by atoms with van der Waals surface area (Å²) in [5.74, 6) is -1.65. The summed E-state index contributed by atoms with van der Waals surface area (Å²) in [6.07, 6.45) is 1.40. The van der Waals surface area contributed by atoms with Crippen LogP contribution < -0.4 is 19.2 Å². The minimum Gasteiger partial charge on any atom is -0.455 e. The van der Waals surface area contributed by atoms with Crippen LogP contribution in [0.3, 0.4) is 0 Å². The van der Waals surface area contributed by atoms with Gasteiger partial charge in [-0.05, 0) is 115 Å². The van der Waals surface area contributed by atoms with Crippen molar-refractivity contribution in [2.75, 3.05) is 88.6 Å². The fourth-order valence-corrected chi connectivity index (χ4v) is 14.6. The predicted molar refractivity (Wildman–Crippen MR) is 381 cm³/mol. The van der Waals surface area contributed by atoms with Crippen molar-refractivity contribution in [3.8, 4) is 45.2 Å². The van der Waals surface area contributed by atoms with E-state index in [0.29, 0.717) is 168 Å². The van der Waals surface area contributed by atoms with Crippen LogP contribution in [0.2, 0.25) is 0 Å². The van der Waals surface area contributed by atoms with Gasteiger partial charge in [0.2, 0.25) is 20.0 Å². The van der Waals surface area contributed by atoms with Crippen LogP contribution in [0.5, 0.6) is 0 Å². The molecule has 0 spiro atoms. The minimum absolute atomic E-state index is 0.177. The van der Waals surface area contributed by atoms with Crippen LogP contribution in [-0.2, 0) is 32.9 Å². The number of alkyl halides is 2. The Hall–Kier alpha value is -10.9. The Morgan fingerprint density at radius 2 is 1.05 bits per heavy atom. The Labute approximate surface area is 578 Å². The van der Waals surface area contributed by atoms with E-state index >= 15 is 8.78 Å². The van der Waals surface area contributed by atoms with Crippen molar-refractivity contribution in [1.29, 1.82) is 0 Å². The molecule has 10 heterocycles. The second-order valence-electron chi connectivity index (χ2n) is 25.5. The van der Waals surface area contributed by atoms with Gasteiger partial charge in [-0.15, -0.1) is 0 Å².